The van der Waals surface area contributed by atoms with Crippen LogP contribution in [0.3, 0.4) is 0 Å². The zero-order valence-electron chi connectivity index (χ0n) is 10.4. The lowest BCUT2D eigenvalue weighted by atomic mass is 9.55. The van der Waals surface area contributed by atoms with Gasteiger partial charge in [0, 0.05) is 24.0 Å². The van der Waals surface area contributed by atoms with Gasteiger partial charge in [-0.25, -0.2) is 9.97 Å². The van der Waals surface area contributed by atoms with Crippen LogP contribution in [0.1, 0.15) is 26.7 Å². The van der Waals surface area contributed by atoms with Crippen LogP contribution in [-0.4, -0.2) is 28.7 Å². The van der Waals surface area contributed by atoms with Gasteiger partial charge in [0.15, 0.2) is 0 Å². The molecule has 1 aliphatic heterocycles. The van der Waals surface area contributed by atoms with Crippen molar-refractivity contribution in [2.24, 2.45) is 11.3 Å². The van der Waals surface area contributed by atoms with Crippen LogP contribution in [0.4, 0.5) is 5.69 Å². The summed E-state index contributed by atoms with van der Waals surface area (Å²) in [6.45, 7) is 5.48. The molecule has 1 aromatic rings. The second-order valence-corrected chi connectivity index (χ2v) is 5.67. The topological polar surface area (TPSA) is 47.0 Å². The zero-order chi connectivity index (χ0) is 11.9. The van der Waals surface area contributed by atoms with Crippen LogP contribution in [0, 0.1) is 11.3 Å². The summed E-state index contributed by atoms with van der Waals surface area (Å²) in [5, 5.41) is 3.56. The molecule has 0 amide bonds. The lowest BCUT2D eigenvalue weighted by molar-refractivity contribution is -0.177. The lowest BCUT2D eigenvalue weighted by Gasteiger charge is -2.60. The molecule has 0 aromatic carbocycles. The summed E-state index contributed by atoms with van der Waals surface area (Å²) < 4.78 is 5.89. The summed E-state index contributed by atoms with van der Waals surface area (Å²) in [4.78, 5) is 8.09. The summed E-state index contributed by atoms with van der Waals surface area (Å²) in [5.74, 6) is 0.638. The summed E-state index contributed by atoms with van der Waals surface area (Å²) in [6, 6.07) is 0.471. The lowest BCUT2D eigenvalue weighted by Crippen LogP contribution is -2.67. The number of nitrogens with zero attached hydrogens (tertiary/aromatic N) is 2. The second-order valence-electron chi connectivity index (χ2n) is 5.67. The highest BCUT2D eigenvalue weighted by Gasteiger charge is 2.57. The van der Waals surface area contributed by atoms with Gasteiger partial charge in [-0.1, -0.05) is 13.8 Å². The number of aromatic nitrogens is 2. The van der Waals surface area contributed by atoms with Gasteiger partial charge < -0.3 is 10.1 Å². The van der Waals surface area contributed by atoms with Gasteiger partial charge in [-0.05, 0) is 12.8 Å². The SMILES string of the molecule is CC1(C)C(Nc2cncnc2)C2CCCOC21. The standard InChI is InChI=1S/C13H19N3O/c1-13(2)11(10-4-3-5-17-12(10)13)16-9-6-14-8-15-7-9/h6-8,10-12,16H,3-5H2,1-2H3. The van der Waals surface area contributed by atoms with Crippen LogP contribution in [0.15, 0.2) is 18.7 Å². The first-order chi connectivity index (χ1) is 8.19. The zero-order valence-corrected chi connectivity index (χ0v) is 10.4. The van der Waals surface area contributed by atoms with E-state index in [1.54, 1.807) is 6.33 Å². The largest absolute Gasteiger partial charge is 0.379 e. The number of fused-ring (bicyclic) bond motifs is 1. The Morgan fingerprint density at radius 3 is 2.88 bits per heavy atom. The van der Waals surface area contributed by atoms with Crippen LogP contribution in [0.25, 0.3) is 0 Å². The fourth-order valence-corrected chi connectivity index (χ4v) is 3.37. The molecule has 2 aliphatic rings. The molecular weight excluding hydrogens is 214 g/mol. The molecule has 4 nitrogen and oxygen atoms in total. The van der Waals surface area contributed by atoms with Crippen LogP contribution < -0.4 is 5.32 Å². The van der Waals surface area contributed by atoms with E-state index in [1.807, 2.05) is 12.4 Å². The average Bonchev–Trinajstić information content (AvgIpc) is 2.37. The Morgan fingerprint density at radius 2 is 2.12 bits per heavy atom. The van der Waals surface area contributed by atoms with E-state index in [0.29, 0.717) is 18.1 Å². The predicted molar refractivity (Wildman–Crippen MR) is 65.7 cm³/mol. The highest BCUT2D eigenvalue weighted by Crippen LogP contribution is 2.52. The van der Waals surface area contributed by atoms with E-state index in [0.717, 1.165) is 12.3 Å². The fraction of sp³-hybridized carbons (Fsp3) is 0.692. The molecule has 3 rings (SSSR count). The number of ether oxygens (including phenoxy) is 1. The summed E-state index contributed by atoms with van der Waals surface area (Å²) in [7, 11) is 0. The second kappa shape index (κ2) is 3.95. The summed E-state index contributed by atoms with van der Waals surface area (Å²) >= 11 is 0. The molecule has 3 atom stereocenters. The van der Waals surface area contributed by atoms with Gasteiger partial charge in [0.1, 0.15) is 6.33 Å². The molecule has 0 radical (unpaired) electrons. The molecule has 1 saturated carbocycles. The Kier molecular flexibility index (Phi) is 2.54. The minimum Gasteiger partial charge on any atom is -0.379 e. The molecule has 4 heteroatoms. The average molecular weight is 233 g/mol. The van der Waals surface area contributed by atoms with Gasteiger partial charge in [0.05, 0.1) is 24.2 Å². The van der Waals surface area contributed by atoms with Crippen LogP contribution in [0.2, 0.25) is 0 Å². The van der Waals surface area contributed by atoms with Crippen LogP contribution >= 0.6 is 0 Å². The number of anilines is 1. The van der Waals surface area contributed by atoms with E-state index in [4.69, 9.17) is 4.74 Å². The molecule has 2 heterocycles. The van der Waals surface area contributed by atoms with Crippen molar-refractivity contribution in [3.8, 4) is 0 Å². The maximum atomic E-state index is 5.89. The van der Waals surface area contributed by atoms with Gasteiger partial charge >= 0.3 is 0 Å². The molecule has 2 fully saturated rings. The normalized spacial score (nSPS) is 34.6. The van der Waals surface area contributed by atoms with E-state index in [-0.39, 0.29) is 5.41 Å². The molecule has 1 aromatic heterocycles. The number of rotatable bonds is 2. The molecule has 0 spiro atoms. The van der Waals surface area contributed by atoms with Crippen LogP contribution in [0.5, 0.6) is 0 Å². The van der Waals surface area contributed by atoms with Crippen molar-refractivity contribution in [1.82, 2.24) is 9.97 Å². The minimum absolute atomic E-state index is 0.195. The Bertz CT molecular complexity index is 393. The first kappa shape index (κ1) is 11.0. The van der Waals surface area contributed by atoms with Crippen molar-refractivity contribution >= 4 is 5.69 Å². The van der Waals surface area contributed by atoms with Crippen molar-refractivity contribution in [1.29, 1.82) is 0 Å². The molecule has 1 saturated heterocycles. The van der Waals surface area contributed by atoms with Crippen molar-refractivity contribution in [2.75, 3.05) is 11.9 Å². The summed E-state index contributed by atoms with van der Waals surface area (Å²) in [6.07, 6.45) is 8.09. The molecule has 3 unspecified atom stereocenters. The fourth-order valence-electron chi connectivity index (χ4n) is 3.37. The van der Waals surface area contributed by atoms with Gasteiger partial charge in [-0.15, -0.1) is 0 Å². The van der Waals surface area contributed by atoms with Crippen molar-refractivity contribution in [3.63, 3.8) is 0 Å². The van der Waals surface area contributed by atoms with E-state index in [2.05, 4.69) is 29.1 Å². The Balaban J connectivity index is 1.75. The van der Waals surface area contributed by atoms with E-state index >= 15 is 0 Å². The van der Waals surface area contributed by atoms with E-state index in [9.17, 15) is 0 Å². The van der Waals surface area contributed by atoms with Gasteiger partial charge in [0.25, 0.3) is 0 Å². The predicted octanol–water partition coefficient (Wildman–Crippen LogP) is 2.09. The summed E-state index contributed by atoms with van der Waals surface area (Å²) in [5.41, 5.74) is 1.20. The molecule has 92 valence electrons. The quantitative estimate of drug-likeness (QED) is 0.849. The maximum Gasteiger partial charge on any atom is 0.115 e. The number of nitrogens with one attached hydrogen (secondary N) is 1. The molecule has 17 heavy (non-hydrogen) atoms. The van der Waals surface area contributed by atoms with Gasteiger partial charge in [0.2, 0.25) is 0 Å². The highest BCUT2D eigenvalue weighted by molar-refractivity contribution is 5.41. The third kappa shape index (κ3) is 1.71. The molecule has 1 N–H and O–H groups in total. The van der Waals surface area contributed by atoms with Crippen LogP contribution in [-0.2, 0) is 4.74 Å². The van der Waals surface area contributed by atoms with Gasteiger partial charge in [-0.2, -0.15) is 0 Å². The monoisotopic (exact) mass is 233 g/mol. The Hall–Kier alpha value is -1.16. The third-order valence-corrected chi connectivity index (χ3v) is 4.21. The van der Waals surface area contributed by atoms with E-state index in [1.165, 1.54) is 12.8 Å². The molecular formula is C13H19N3O. The number of hydrogen-bond acceptors (Lipinski definition) is 4. The highest BCUT2D eigenvalue weighted by atomic mass is 16.5. The number of hydrogen-bond donors (Lipinski definition) is 1. The first-order valence-electron chi connectivity index (χ1n) is 6.33. The Labute approximate surface area is 102 Å². The van der Waals surface area contributed by atoms with Gasteiger partial charge in [-0.3, -0.25) is 0 Å². The third-order valence-electron chi connectivity index (χ3n) is 4.21. The first-order valence-corrected chi connectivity index (χ1v) is 6.33. The maximum absolute atomic E-state index is 5.89. The smallest absolute Gasteiger partial charge is 0.115 e. The van der Waals surface area contributed by atoms with Crippen molar-refractivity contribution in [2.45, 2.75) is 38.8 Å². The van der Waals surface area contributed by atoms with Crippen molar-refractivity contribution < 1.29 is 4.74 Å². The molecule has 1 aliphatic carbocycles. The molecule has 0 bridgehead atoms. The van der Waals surface area contributed by atoms with Crippen molar-refractivity contribution in [3.05, 3.63) is 18.7 Å². The van der Waals surface area contributed by atoms with E-state index < -0.39 is 0 Å². The Morgan fingerprint density at radius 1 is 1.35 bits per heavy atom. The minimum atomic E-state index is 0.195.